The van der Waals surface area contributed by atoms with E-state index in [0.717, 1.165) is 29.7 Å². The second kappa shape index (κ2) is 9.17. The second-order valence-electron chi connectivity index (χ2n) is 8.16. The summed E-state index contributed by atoms with van der Waals surface area (Å²) in [6.07, 6.45) is 4.13. The lowest BCUT2D eigenvalue weighted by Gasteiger charge is -2.23. The number of benzene rings is 3. The van der Waals surface area contributed by atoms with Gasteiger partial charge in [-0.15, -0.1) is 0 Å². The fourth-order valence-electron chi connectivity index (χ4n) is 4.06. The molecule has 0 fully saturated rings. The molecule has 0 spiro atoms. The van der Waals surface area contributed by atoms with E-state index in [1.54, 1.807) is 0 Å². The van der Waals surface area contributed by atoms with Crippen molar-refractivity contribution in [2.24, 2.45) is 0 Å². The van der Waals surface area contributed by atoms with Gasteiger partial charge in [-0.2, -0.15) is 0 Å². The Balaban J connectivity index is 1.50. The van der Waals surface area contributed by atoms with Crippen LogP contribution in [0.3, 0.4) is 0 Å². The third kappa shape index (κ3) is 4.73. The number of fused-ring (bicyclic) bond motifs is 1. The Hall–Kier alpha value is -3.07. The van der Waals surface area contributed by atoms with Gasteiger partial charge in [-0.05, 0) is 73.9 Å². The van der Waals surface area contributed by atoms with Gasteiger partial charge in [0.2, 0.25) is 0 Å². The number of carbonyl (C=O) groups excluding carboxylic acids is 1. The molecule has 0 aliphatic heterocycles. The van der Waals surface area contributed by atoms with E-state index in [9.17, 15) is 4.79 Å². The Bertz CT molecular complexity index is 995. The number of ether oxygens (including phenoxy) is 1. The van der Waals surface area contributed by atoms with Crippen LogP contribution in [-0.2, 0) is 17.6 Å². The molecular formula is C27H29NO2. The minimum atomic E-state index is -0.580. The van der Waals surface area contributed by atoms with Crippen molar-refractivity contribution in [1.29, 1.82) is 0 Å². The van der Waals surface area contributed by atoms with Gasteiger partial charge in [0.25, 0.3) is 5.91 Å². The van der Waals surface area contributed by atoms with Gasteiger partial charge in [0.15, 0.2) is 6.10 Å². The summed E-state index contributed by atoms with van der Waals surface area (Å²) >= 11 is 0. The minimum Gasteiger partial charge on any atom is -0.481 e. The smallest absolute Gasteiger partial charge is 0.261 e. The summed E-state index contributed by atoms with van der Waals surface area (Å²) in [5.41, 5.74) is 6.07. The topological polar surface area (TPSA) is 38.3 Å². The normalized spacial score (nSPS) is 15.0. The number of aryl methyl sites for hydroxylation is 3. The van der Waals surface area contributed by atoms with E-state index in [4.69, 9.17) is 4.74 Å². The van der Waals surface area contributed by atoms with Crippen LogP contribution in [0.5, 0.6) is 5.75 Å². The molecule has 0 bridgehead atoms. The molecule has 0 radical (unpaired) electrons. The van der Waals surface area contributed by atoms with Crippen LogP contribution in [0.1, 0.15) is 53.6 Å². The van der Waals surface area contributed by atoms with Gasteiger partial charge in [-0.1, -0.05) is 66.2 Å². The maximum atomic E-state index is 13.0. The summed E-state index contributed by atoms with van der Waals surface area (Å²) in [6.45, 7) is 3.88. The molecule has 3 heteroatoms. The Morgan fingerprint density at radius 3 is 2.27 bits per heavy atom. The van der Waals surface area contributed by atoms with Gasteiger partial charge < -0.3 is 10.1 Å². The molecule has 1 N–H and O–H groups in total. The predicted octanol–water partition coefficient (Wildman–Crippen LogP) is 5.55. The molecule has 0 aromatic heterocycles. The number of nitrogens with one attached hydrogen (secondary N) is 1. The largest absolute Gasteiger partial charge is 0.481 e. The maximum absolute atomic E-state index is 13.0. The van der Waals surface area contributed by atoms with E-state index in [1.807, 2.05) is 43.3 Å². The van der Waals surface area contributed by atoms with Crippen molar-refractivity contribution in [3.05, 3.63) is 101 Å². The van der Waals surface area contributed by atoms with Crippen LogP contribution in [0.15, 0.2) is 72.8 Å². The maximum Gasteiger partial charge on any atom is 0.261 e. The van der Waals surface area contributed by atoms with Gasteiger partial charge in [0.05, 0.1) is 6.04 Å². The van der Waals surface area contributed by atoms with E-state index in [1.165, 1.54) is 29.5 Å². The SMILES string of the molecule is Cc1ccc([C@H](NC(=O)[C@H](C)Oc2ccc3c(c2)CCCC3)c2ccccc2)cc1. The van der Waals surface area contributed by atoms with Crippen LogP contribution < -0.4 is 10.1 Å². The zero-order chi connectivity index (χ0) is 20.9. The van der Waals surface area contributed by atoms with Crippen molar-refractivity contribution >= 4 is 5.91 Å². The summed E-state index contributed by atoms with van der Waals surface area (Å²) in [5.74, 6) is 0.645. The molecule has 4 rings (SSSR count). The van der Waals surface area contributed by atoms with Crippen LogP contribution in [-0.4, -0.2) is 12.0 Å². The zero-order valence-corrected chi connectivity index (χ0v) is 17.7. The van der Waals surface area contributed by atoms with Crippen molar-refractivity contribution in [2.45, 2.75) is 51.7 Å². The average molecular weight is 400 g/mol. The predicted molar refractivity (Wildman–Crippen MR) is 121 cm³/mol. The van der Waals surface area contributed by atoms with Gasteiger partial charge in [-0.25, -0.2) is 0 Å². The van der Waals surface area contributed by atoms with Crippen LogP contribution in [0, 0.1) is 6.92 Å². The number of hydrogen-bond donors (Lipinski definition) is 1. The van der Waals surface area contributed by atoms with Crippen molar-refractivity contribution in [2.75, 3.05) is 0 Å². The third-order valence-corrected chi connectivity index (χ3v) is 5.83. The molecule has 30 heavy (non-hydrogen) atoms. The van der Waals surface area contributed by atoms with Crippen LogP contribution in [0.2, 0.25) is 0 Å². The van der Waals surface area contributed by atoms with E-state index in [-0.39, 0.29) is 11.9 Å². The molecular weight excluding hydrogens is 370 g/mol. The summed E-state index contributed by atoms with van der Waals surface area (Å²) in [5, 5.41) is 3.19. The van der Waals surface area contributed by atoms with E-state index in [2.05, 4.69) is 48.6 Å². The molecule has 3 aromatic carbocycles. The minimum absolute atomic E-state index is 0.123. The van der Waals surface area contributed by atoms with Gasteiger partial charge >= 0.3 is 0 Å². The summed E-state index contributed by atoms with van der Waals surface area (Å²) in [7, 11) is 0. The molecule has 1 aliphatic carbocycles. The Morgan fingerprint density at radius 2 is 1.53 bits per heavy atom. The number of rotatable bonds is 6. The van der Waals surface area contributed by atoms with Crippen molar-refractivity contribution in [3.63, 3.8) is 0 Å². The third-order valence-electron chi connectivity index (χ3n) is 5.83. The van der Waals surface area contributed by atoms with Gasteiger partial charge in [-0.3, -0.25) is 4.79 Å². The Labute approximate surface area is 179 Å². The molecule has 0 heterocycles. The first-order chi connectivity index (χ1) is 14.6. The molecule has 3 aromatic rings. The lowest BCUT2D eigenvalue weighted by Crippen LogP contribution is -2.39. The second-order valence-corrected chi connectivity index (χ2v) is 8.16. The van der Waals surface area contributed by atoms with Gasteiger partial charge in [0.1, 0.15) is 5.75 Å². The molecule has 1 aliphatic rings. The fraction of sp³-hybridized carbons (Fsp3) is 0.296. The Kier molecular flexibility index (Phi) is 6.18. The van der Waals surface area contributed by atoms with Crippen molar-refractivity contribution < 1.29 is 9.53 Å². The standard InChI is InChI=1S/C27H29NO2/c1-19-12-14-23(15-13-19)26(22-9-4-3-5-10-22)28-27(29)20(2)30-25-17-16-21-8-6-7-11-24(21)18-25/h3-5,9-10,12-18,20,26H,6-8,11H2,1-2H3,(H,28,29)/t20-,26+/m0/s1. The molecule has 0 saturated heterocycles. The average Bonchev–Trinajstić information content (AvgIpc) is 2.78. The van der Waals surface area contributed by atoms with E-state index < -0.39 is 6.10 Å². The highest BCUT2D eigenvalue weighted by Crippen LogP contribution is 2.26. The number of hydrogen-bond acceptors (Lipinski definition) is 2. The monoisotopic (exact) mass is 399 g/mol. The lowest BCUT2D eigenvalue weighted by atomic mass is 9.92. The highest BCUT2D eigenvalue weighted by atomic mass is 16.5. The van der Waals surface area contributed by atoms with Crippen LogP contribution in [0.4, 0.5) is 0 Å². The molecule has 154 valence electrons. The Morgan fingerprint density at radius 1 is 0.867 bits per heavy atom. The van der Waals surface area contributed by atoms with Crippen molar-refractivity contribution in [1.82, 2.24) is 5.32 Å². The molecule has 2 atom stereocenters. The highest BCUT2D eigenvalue weighted by molar-refractivity contribution is 5.81. The molecule has 0 unspecified atom stereocenters. The van der Waals surface area contributed by atoms with E-state index >= 15 is 0 Å². The molecule has 1 amide bonds. The van der Waals surface area contributed by atoms with Crippen LogP contribution in [0.25, 0.3) is 0 Å². The van der Waals surface area contributed by atoms with E-state index in [0.29, 0.717) is 0 Å². The van der Waals surface area contributed by atoms with Gasteiger partial charge in [0, 0.05) is 0 Å². The summed E-state index contributed by atoms with van der Waals surface area (Å²) < 4.78 is 6.02. The zero-order valence-electron chi connectivity index (χ0n) is 17.7. The highest BCUT2D eigenvalue weighted by Gasteiger charge is 2.22. The first-order valence-electron chi connectivity index (χ1n) is 10.8. The lowest BCUT2D eigenvalue weighted by molar-refractivity contribution is -0.127. The van der Waals surface area contributed by atoms with Crippen molar-refractivity contribution in [3.8, 4) is 5.75 Å². The first kappa shape index (κ1) is 20.2. The fourth-order valence-corrected chi connectivity index (χ4v) is 4.06. The molecule has 0 saturated carbocycles. The summed E-state index contributed by atoms with van der Waals surface area (Å²) in [6, 6.07) is 24.4. The van der Waals surface area contributed by atoms with Crippen LogP contribution >= 0.6 is 0 Å². The summed E-state index contributed by atoms with van der Waals surface area (Å²) in [4.78, 5) is 13.0. The first-order valence-corrected chi connectivity index (χ1v) is 10.8. The number of carbonyl (C=O) groups is 1. The quantitative estimate of drug-likeness (QED) is 0.590. The molecule has 3 nitrogen and oxygen atoms in total. The number of amides is 1.